The van der Waals surface area contributed by atoms with E-state index in [0.717, 1.165) is 27.8 Å². The molecule has 1 amide bonds. The van der Waals surface area contributed by atoms with Crippen LogP contribution in [0.1, 0.15) is 21.5 Å². The predicted molar refractivity (Wildman–Crippen MR) is 78.7 cm³/mol. The minimum absolute atomic E-state index is 0.0648. The Morgan fingerprint density at radius 3 is 3.14 bits per heavy atom. The summed E-state index contributed by atoms with van der Waals surface area (Å²) in [5.74, 6) is -0.455. The Hall–Kier alpha value is -1.95. The van der Waals surface area contributed by atoms with Gasteiger partial charge in [0.1, 0.15) is 5.75 Å². The lowest BCUT2D eigenvalue weighted by Gasteiger charge is -2.10. The van der Waals surface area contributed by atoms with Crippen molar-refractivity contribution >= 4 is 21.8 Å². The number of hydrogen-bond donors (Lipinski definition) is 1. The summed E-state index contributed by atoms with van der Waals surface area (Å²) in [7, 11) is 0. The van der Waals surface area contributed by atoms with E-state index in [1.165, 1.54) is 18.3 Å². The van der Waals surface area contributed by atoms with Crippen molar-refractivity contribution in [2.75, 3.05) is 6.61 Å². The van der Waals surface area contributed by atoms with E-state index >= 15 is 0 Å². The van der Waals surface area contributed by atoms with Crippen LogP contribution in [0.2, 0.25) is 0 Å². The highest BCUT2D eigenvalue weighted by Crippen LogP contribution is 2.32. The number of hydrogen-bond acceptors (Lipinski definition) is 3. The third-order valence-corrected chi connectivity index (χ3v) is 3.73. The zero-order chi connectivity index (χ0) is 14.8. The third kappa shape index (κ3) is 2.90. The van der Waals surface area contributed by atoms with Crippen molar-refractivity contribution in [3.05, 3.63) is 57.6 Å². The number of benzene rings is 1. The average Bonchev–Trinajstić information content (AvgIpc) is 2.93. The second-order valence-corrected chi connectivity index (χ2v) is 5.59. The Morgan fingerprint density at radius 2 is 2.33 bits per heavy atom. The molecule has 3 rings (SSSR count). The summed E-state index contributed by atoms with van der Waals surface area (Å²) in [5, 5.41) is 2.69. The molecule has 1 N–H and O–H groups in total. The number of amides is 1. The van der Waals surface area contributed by atoms with Crippen LogP contribution in [0.15, 0.2) is 34.9 Å². The zero-order valence-electron chi connectivity index (χ0n) is 11.0. The van der Waals surface area contributed by atoms with Gasteiger partial charge < -0.3 is 10.1 Å². The van der Waals surface area contributed by atoms with Crippen LogP contribution in [-0.2, 0) is 13.0 Å². The van der Waals surface area contributed by atoms with Gasteiger partial charge >= 0.3 is 0 Å². The molecule has 21 heavy (non-hydrogen) atoms. The highest BCUT2D eigenvalue weighted by atomic mass is 79.9. The molecule has 0 saturated heterocycles. The van der Waals surface area contributed by atoms with Crippen molar-refractivity contribution in [1.29, 1.82) is 0 Å². The summed E-state index contributed by atoms with van der Waals surface area (Å²) in [4.78, 5) is 15.4. The summed E-state index contributed by atoms with van der Waals surface area (Å²) in [5.41, 5.74) is 1.92. The van der Waals surface area contributed by atoms with E-state index in [4.69, 9.17) is 4.74 Å². The monoisotopic (exact) mass is 350 g/mol. The highest BCUT2D eigenvalue weighted by molar-refractivity contribution is 9.10. The van der Waals surface area contributed by atoms with Crippen molar-refractivity contribution in [2.24, 2.45) is 0 Å². The van der Waals surface area contributed by atoms with E-state index in [2.05, 4.69) is 26.2 Å². The fraction of sp³-hybridized carbons (Fsp3) is 0.200. The Labute approximate surface area is 129 Å². The molecule has 0 bridgehead atoms. The second kappa shape index (κ2) is 5.81. The van der Waals surface area contributed by atoms with Crippen LogP contribution in [-0.4, -0.2) is 17.5 Å². The van der Waals surface area contributed by atoms with E-state index in [1.54, 1.807) is 0 Å². The molecule has 0 spiro atoms. The number of fused-ring (bicyclic) bond motifs is 1. The summed E-state index contributed by atoms with van der Waals surface area (Å²) >= 11 is 3.44. The topological polar surface area (TPSA) is 51.2 Å². The Kier molecular flexibility index (Phi) is 3.88. The van der Waals surface area contributed by atoms with Gasteiger partial charge in [-0.25, -0.2) is 4.98 Å². The van der Waals surface area contributed by atoms with Crippen molar-refractivity contribution in [3.8, 4) is 5.75 Å². The number of ether oxygens (including phenoxy) is 1. The van der Waals surface area contributed by atoms with Crippen LogP contribution in [0, 0.1) is 5.95 Å². The number of nitrogens with one attached hydrogen (secondary N) is 1. The minimum Gasteiger partial charge on any atom is -0.493 e. The first kappa shape index (κ1) is 14.0. The number of nitrogens with zero attached hydrogens (tertiary/aromatic N) is 1. The maximum atomic E-state index is 13.4. The van der Waals surface area contributed by atoms with Crippen molar-refractivity contribution in [1.82, 2.24) is 10.3 Å². The molecule has 4 nitrogen and oxygen atoms in total. The molecule has 1 aromatic heterocycles. The summed E-state index contributed by atoms with van der Waals surface area (Å²) in [6.07, 6.45) is 2.16. The number of halogens is 2. The lowest BCUT2D eigenvalue weighted by molar-refractivity contribution is 0.0945. The van der Waals surface area contributed by atoms with Crippen LogP contribution in [0.4, 0.5) is 4.39 Å². The zero-order valence-corrected chi connectivity index (χ0v) is 12.6. The first-order valence-electron chi connectivity index (χ1n) is 6.48. The molecule has 2 aromatic rings. The number of pyridine rings is 1. The first-order chi connectivity index (χ1) is 10.1. The number of aromatic nitrogens is 1. The number of carbonyl (C=O) groups is 1. The van der Waals surface area contributed by atoms with Crippen molar-refractivity contribution < 1.29 is 13.9 Å². The largest absolute Gasteiger partial charge is 0.493 e. The molecule has 0 saturated carbocycles. The highest BCUT2D eigenvalue weighted by Gasteiger charge is 2.18. The standard InChI is InChI=1S/C15H12BrFN2O2/c16-11-6-9-3-5-21-13(9)10(7-11)8-19-15(20)12-2-1-4-18-14(12)17/h1-2,4,6-7H,3,5,8H2,(H,19,20). The molecule has 0 unspecified atom stereocenters. The fourth-order valence-electron chi connectivity index (χ4n) is 2.30. The Bertz CT molecular complexity index is 706. The normalized spacial score (nSPS) is 12.7. The average molecular weight is 351 g/mol. The third-order valence-electron chi connectivity index (χ3n) is 3.27. The summed E-state index contributed by atoms with van der Waals surface area (Å²) in [6.45, 7) is 0.916. The van der Waals surface area contributed by atoms with Gasteiger partial charge in [0.15, 0.2) is 0 Å². The maximum Gasteiger partial charge on any atom is 0.256 e. The van der Waals surface area contributed by atoms with Crippen LogP contribution in [0.5, 0.6) is 5.75 Å². The molecular formula is C15H12BrFN2O2. The van der Waals surface area contributed by atoms with Gasteiger partial charge in [0, 0.05) is 29.2 Å². The molecule has 0 atom stereocenters. The molecular weight excluding hydrogens is 339 g/mol. The van der Waals surface area contributed by atoms with Crippen molar-refractivity contribution in [2.45, 2.75) is 13.0 Å². The molecule has 0 aliphatic carbocycles. The smallest absolute Gasteiger partial charge is 0.256 e. The lowest BCUT2D eigenvalue weighted by atomic mass is 10.1. The first-order valence-corrected chi connectivity index (χ1v) is 7.27. The van der Waals surface area contributed by atoms with Gasteiger partial charge in [-0.05, 0) is 29.8 Å². The number of carbonyl (C=O) groups excluding carboxylic acids is 1. The van der Waals surface area contributed by atoms with Crippen LogP contribution >= 0.6 is 15.9 Å². The molecule has 0 fully saturated rings. The fourth-order valence-corrected chi connectivity index (χ4v) is 2.86. The Balaban J connectivity index is 1.77. The summed E-state index contributed by atoms with van der Waals surface area (Å²) < 4.78 is 20.0. The predicted octanol–water partition coefficient (Wildman–Crippen LogP) is 2.85. The molecule has 0 radical (unpaired) electrons. The van der Waals surface area contributed by atoms with Crippen molar-refractivity contribution in [3.63, 3.8) is 0 Å². The van der Waals surface area contributed by atoms with E-state index in [-0.39, 0.29) is 12.1 Å². The molecule has 1 aromatic carbocycles. The quantitative estimate of drug-likeness (QED) is 0.866. The minimum atomic E-state index is -0.772. The lowest BCUT2D eigenvalue weighted by Crippen LogP contribution is -2.24. The van der Waals surface area contributed by atoms with Gasteiger partial charge in [-0.1, -0.05) is 15.9 Å². The van der Waals surface area contributed by atoms with Gasteiger partial charge in [0.05, 0.1) is 12.2 Å². The van der Waals surface area contributed by atoms with Crippen LogP contribution in [0.25, 0.3) is 0 Å². The van der Waals surface area contributed by atoms with E-state index < -0.39 is 11.9 Å². The molecule has 108 valence electrons. The molecule has 1 aliphatic heterocycles. The van der Waals surface area contributed by atoms with Gasteiger partial charge in [0.25, 0.3) is 5.91 Å². The maximum absolute atomic E-state index is 13.4. The summed E-state index contributed by atoms with van der Waals surface area (Å²) in [6, 6.07) is 6.83. The Morgan fingerprint density at radius 1 is 1.48 bits per heavy atom. The second-order valence-electron chi connectivity index (χ2n) is 4.68. The molecule has 2 heterocycles. The SMILES string of the molecule is O=C(NCc1cc(Br)cc2c1OCC2)c1cccnc1F. The van der Waals surface area contributed by atoms with Gasteiger partial charge in [-0.2, -0.15) is 4.39 Å². The van der Waals surface area contributed by atoms with Gasteiger partial charge in [0.2, 0.25) is 5.95 Å². The van der Waals surface area contributed by atoms with Gasteiger partial charge in [-0.3, -0.25) is 4.79 Å². The van der Waals surface area contributed by atoms with Crippen LogP contribution < -0.4 is 10.1 Å². The van der Waals surface area contributed by atoms with Gasteiger partial charge in [-0.15, -0.1) is 0 Å². The number of rotatable bonds is 3. The van der Waals surface area contributed by atoms with E-state index in [9.17, 15) is 9.18 Å². The van der Waals surface area contributed by atoms with E-state index in [1.807, 2.05) is 12.1 Å². The molecule has 1 aliphatic rings. The van der Waals surface area contributed by atoms with E-state index in [0.29, 0.717) is 6.61 Å². The molecule has 6 heteroatoms. The van der Waals surface area contributed by atoms with Crippen LogP contribution in [0.3, 0.4) is 0 Å².